The van der Waals surface area contributed by atoms with Gasteiger partial charge in [-0.15, -0.1) is 0 Å². The molecule has 92 valence electrons. The van der Waals surface area contributed by atoms with Crippen LogP contribution in [0.15, 0.2) is 22.7 Å². The second-order valence-electron chi connectivity index (χ2n) is 4.98. The Labute approximate surface area is 111 Å². The van der Waals surface area contributed by atoms with E-state index >= 15 is 0 Å². The molecule has 0 amide bonds. The van der Waals surface area contributed by atoms with Crippen molar-refractivity contribution in [3.63, 3.8) is 0 Å². The number of hydrogen-bond donors (Lipinski definition) is 0. The van der Waals surface area contributed by atoms with Gasteiger partial charge in [-0.1, -0.05) is 22.0 Å². The lowest BCUT2D eigenvalue weighted by molar-refractivity contribution is 0.0290. The van der Waals surface area contributed by atoms with E-state index in [-0.39, 0.29) is 0 Å². The Bertz CT molecular complexity index is 401. The Hall–Kier alpha value is -0.380. The van der Waals surface area contributed by atoms with Gasteiger partial charge >= 0.3 is 0 Å². The van der Waals surface area contributed by atoms with Gasteiger partial charge in [-0.2, -0.15) is 0 Å². The molecule has 3 rings (SSSR count). The van der Waals surface area contributed by atoms with E-state index in [0.29, 0.717) is 0 Å². The van der Waals surface area contributed by atoms with E-state index in [2.05, 4.69) is 39.0 Å². The van der Waals surface area contributed by atoms with Crippen LogP contribution in [0.3, 0.4) is 0 Å². The molecule has 0 unspecified atom stereocenters. The number of halogens is 1. The first kappa shape index (κ1) is 11.7. The normalized spacial score (nSPS) is 22.4. The highest BCUT2D eigenvalue weighted by Crippen LogP contribution is 2.26. The Morgan fingerprint density at radius 1 is 1.18 bits per heavy atom. The average Bonchev–Trinajstić information content (AvgIpc) is 2.39. The molecule has 1 fully saturated rings. The van der Waals surface area contributed by atoms with Crippen LogP contribution in [0.1, 0.15) is 24.0 Å². The van der Waals surface area contributed by atoms with Crippen molar-refractivity contribution in [3.05, 3.63) is 33.8 Å². The molecule has 0 saturated carbocycles. The summed E-state index contributed by atoms with van der Waals surface area (Å²) in [4.78, 5) is 2.64. The molecule has 0 spiro atoms. The van der Waals surface area contributed by atoms with E-state index in [0.717, 1.165) is 25.8 Å². The van der Waals surface area contributed by atoms with Crippen molar-refractivity contribution in [1.82, 2.24) is 4.90 Å². The van der Waals surface area contributed by atoms with Crippen LogP contribution < -0.4 is 0 Å². The molecular weight excluding hydrogens is 278 g/mol. The third-order valence-electron chi connectivity index (χ3n) is 3.92. The van der Waals surface area contributed by atoms with E-state index in [1.165, 1.54) is 41.4 Å². The van der Waals surface area contributed by atoms with Gasteiger partial charge < -0.3 is 4.74 Å². The molecule has 1 saturated heterocycles. The lowest BCUT2D eigenvalue weighted by Gasteiger charge is -2.37. The number of benzene rings is 1. The molecule has 1 aromatic carbocycles. The van der Waals surface area contributed by atoms with Crippen LogP contribution in [-0.2, 0) is 17.7 Å². The maximum absolute atomic E-state index is 5.44. The molecule has 2 heterocycles. The second kappa shape index (κ2) is 5.09. The monoisotopic (exact) mass is 295 g/mol. The topological polar surface area (TPSA) is 12.5 Å². The molecule has 2 nitrogen and oxygen atoms in total. The zero-order chi connectivity index (χ0) is 11.7. The second-order valence-corrected chi connectivity index (χ2v) is 5.89. The maximum Gasteiger partial charge on any atom is 0.0480 e. The first-order valence-electron chi connectivity index (χ1n) is 6.42. The van der Waals surface area contributed by atoms with Crippen LogP contribution in [-0.4, -0.2) is 30.7 Å². The van der Waals surface area contributed by atoms with Gasteiger partial charge in [-0.3, -0.25) is 4.90 Å². The number of fused-ring (bicyclic) bond motifs is 1. The summed E-state index contributed by atoms with van der Waals surface area (Å²) in [6, 6.07) is 7.44. The third-order valence-corrected chi connectivity index (χ3v) is 4.41. The molecule has 2 aliphatic heterocycles. The summed E-state index contributed by atoms with van der Waals surface area (Å²) in [5, 5.41) is 0. The highest BCUT2D eigenvalue weighted by atomic mass is 79.9. The molecule has 2 aliphatic rings. The molecule has 0 radical (unpaired) electrons. The van der Waals surface area contributed by atoms with Crippen LogP contribution in [0, 0.1) is 0 Å². The van der Waals surface area contributed by atoms with Gasteiger partial charge in [0.05, 0.1) is 0 Å². The van der Waals surface area contributed by atoms with Crippen molar-refractivity contribution in [3.8, 4) is 0 Å². The van der Waals surface area contributed by atoms with Gasteiger partial charge in [0, 0.05) is 36.8 Å². The summed E-state index contributed by atoms with van der Waals surface area (Å²) in [7, 11) is 0. The molecule has 3 heteroatoms. The number of ether oxygens (including phenoxy) is 1. The first-order valence-corrected chi connectivity index (χ1v) is 7.21. The van der Waals surface area contributed by atoms with Crippen molar-refractivity contribution in [1.29, 1.82) is 0 Å². The zero-order valence-corrected chi connectivity index (χ0v) is 11.6. The zero-order valence-electron chi connectivity index (χ0n) is 9.99. The summed E-state index contributed by atoms with van der Waals surface area (Å²) < 4.78 is 6.65. The van der Waals surface area contributed by atoms with Crippen molar-refractivity contribution in [2.45, 2.75) is 31.8 Å². The molecule has 1 aromatic rings. The minimum Gasteiger partial charge on any atom is -0.381 e. The molecule has 17 heavy (non-hydrogen) atoms. The van der Waals surface area contributed by atoms with Gasteiger partial charge in [0.1, 0.15) is 0 Å². The summed E-state index contributed by atoms with van der Waals surface area (Å²) in [6.45, 7) is 4.20. The van der Waals surface area contributed by atoms with Crippen molar-refractivity contribution < 1.29 is 4.74 Å². The lowest BCUT2D eigenvalue weighted by Crippen LogP contribution is -2.42. The SMILES string of the molecule is Brc1ccc2c(c1)CCN(C1CCOCC1)C2. The standard InChI is InChI=1S/C14H18BrNO/c15-13-2-1-12-10-16(6-3-11(12)9-13)14-4-7-17-8-5-14/h1-2,9,14H,3-8,10H2. The van der Waals surface area contributed by atoms with Crippen LogP contribution in [0.5, 0.6) is 0 Å². The smallest absolute Gasteiger partial charge is 0.0480 e. The Morgan fingerprint density at radius 3 is 2.82 bits per heavy atom. The predicted octanol–water partition coefficient (Wildman–Crippen LogP) is 2.99. The Kier molecular flexibility index (Phi) is 3.50. The fourth-order valence-electron chi connectivity index (χ4n) is 2.91. The molecule has 0 bridgehead atoms. The molecule has 0 aliphatic carbocycles. The van der Waals surface area contributed by atoms with Crippen LogP contribution >= 0.6 is 15.9 Å². The largest absolute Gasteiger partial charge is 0.381 e. The summed E-state index contributed by atoms with van der Waals surface area (Å²) in [5.74, 6) is 0. The molecular formula is C14H18BrNO. The van der Waals surface area contributed by atoms with E-state index in [1.807, 2.05) is 0 Å². The summed E-state index contributed by atoms with van der Waals surface area (Å²) >= 11 is 3.55. The quantitative estimate of drug-likeness (QED) is 0.790. The average molecular weight is 296 g/mol. The van der Waals surface area contributed by atoms with E-state index < -0.39 is 0 Å². The predicted molar refractivity (Wildman–Crippen MR) is 72.1 cm³/mol. The number of hydrogen-bond acceptors (Lipinski definition) is 2. The van der Waals surface area contributed by atoms with Crippen molar-refractivity contribution >= 4 is 15.9 Å². The molecule has 0 N–H and O–H groups in total. The molecule has 0 aromatic heterocycles. The van der Waals surface area contributed by atoms with Gasteiger partial charge in [0.15, 0.2) is 0 Å². The fraction of sp³-hybridized carbons (Fsp3) is 0.571. The van der Waals surface area contributed by atoms with Gasteiger partial charge in [-0.25, -0.2) is 0 Å². The summed E-state index contributed by atoms with van der Waals surface area (Å²) in [5.41, 5.74) is 3.02. The highest BCUT2D eigenvalue weighted by Gasteiger charge is 2.25. The number of rotatable bonds is 1. The fourth-order valence-corrected chi connectivity index (χ4v) is 3.31. The highest BCUT2D eigenvalue weighted by molar-refractivity contribution is 9.10. The van der Waals surface area contributed by atoms with Crippen LogP contribution in [0.25, 0.3) is 0 Å². The summed E-state index contributed by atoms with van der Waals surface area (Å²) in [6.07, 6.45) is 3.59. The van der Waals surface area contributed by atoms with Crippen LogP contribution in [0.4, 0.5) is 0 Å². The minimum absolute atomic E-state index is 0.737. The van der Waals surface area contributed by atoms with Gasteiger partial charge in [0.2, 0.25) is 0 Å². The lowest BCUT2D eigenvalue weighted by atomic mass is 9.96. The van der Waals surface area contributed by atoms with Gasteiger partial charge in [0.25, 0.3) is 0 Å². The van der Waals surface area contributed by atoms with Crippen molar-refractivity contribution in [2.75, 3.05) is 19.8 Å². The van der Waals surface area contributed by atoms with Crippen LogP contribution in [0.2, 0.25) is 0 Å². The first-order chi connectivity index (χ1) is 8.33. The maximum atomic E-state index is 5.44. The van der Waals surface area contributed by atoms with Gasteiger partial charge in [-0.05, 0) is 42.5 Å². The van der Waals surface area contributed by atoms with E-state index in [4.69, 9.17) is 4.74 Å². The Balaban J connectivity index is 1.73. The van der Waals surface area contributed by atoms with Crippen molar-refractivity contribution in [2.24, 2.45) is 0 Å². The molecule has 0 atom stereocenters. The van der Waals surface area contributed by atoms with E-state index in [1.54, 1.807) is 0 Å². The number of nitrogens with zero attached hydrogens (tertiary/aromatic N) is 1. The Morgan fingerprint density at radius 2 is 2.00 bits per heavy atom. The minimum atomic E-state index is 0.737. The third kappa shape index (κ3) is 2.56. The van der Waals surface area contributed by atoms with E-state index in [9.17, 15) is 0 Å².